The standard InChI is InChI=1S/C26H25F3N2O4/c1-18(21-9-5-19(6-10-21)16-30-14-13-25(32)33)31-34-17-20-7-11-22(12-8-20)23-3-2-4-24(15-23)35-26(27,28)29/h2-12,15,30H,13-14,16-17H2,1H3,(H,32,33)/b31-18-. The number of carbonyl (C=O) groups is 1. The first-order valence-corrected chi connectivity index (χ1v) is 10.8. The van der Waals surface area contributed by atoms with Gasteiger partial charge in [0.1, 0.15) is 12.4 Å². The minimum Gasteiger partial charge on any atom is -0.481 e. The third-order valence-corrected chi connectivity index (χ3v) is 5.00. The summed E-state index contributed by atoms with van der Waals surface area (Å²) in [6, 6.07) is 20.8. The molecule has 0 saturated heterocycles. The molecule has 3 aromatic carbocycles. The molecule has 0 bridgehead atoms. The SMILES string of the molecule is C/C(=N/OCc1ccc(-c2cccc(OC(F)(F)F)c2)cc1)c1ccc(CNCCC(=O)O)cc1. The van der Waals surface area contributed by atoms with Crippen LogP contribution in [0.4, 0.5) is 13.2 Å². The molecule has 0 spiro atoms. The van der Waals surface area contributed by atoms with Gasteiger partial charge in [0.15, 0.2) is 0 Å². The lowest BCUT2D eigenvalue weighted by atomic mass is 10.0. The number of aliphatic carboxylic acids is 1. The fraction of sp³-hybridized carbons (Fsp3) is 0.231. The van der Waals surface area contributed by atoms with E-state index < -0.39 is 12.3 Å². The van der Waals surface area contributed by atoms with Gasteiger partial charge in [-0.2, -0.15) is 0 Å². The summed E-state index contributed by atoms with van der Waals surface area (Å²) in [7, 11) is 0. The maximum absolute atomic E-state index is 12.4. The summed E-state index contributed by atoms with van der Waals surface area (Å²) in [5, 5.41) is 15.9. The van der Waals surface area contributed by atoms with Gasteiger partial charge in [-0.15, -0.1) is 13.2 Å². The minimum absolute atomic E-state index is 0.0774. The molecule has 2 N–H and O–H groups in total. The topological polar surface area (TPSA) is 80.2 Å². The number of carboxylic acid groups (broad SMARTS) is 1. The number of oxime groups is 1. The van der Waals surface area contributed by atoms with Crippen LogP contribution < -0.4 is 10.1 Å². The zero-order chi connectivity index (χ0) is 25.3. The molecule has 0 radical (unpaired) electrons. The smallest absolute Gasteiger partial charge is 0.481 e. The lowest BCUT2D eigenvalue weighted by molar-refractivity contribution is -0.274. The first-order chi connectivity index (χ1) is 16.7. The summed E-state index contributed by atoms with van der Waals surface area (Å²) >= 11 is 0. The molecule has 6 nitrogen and oxygen atoms in total. The Kier molecular flexibility index (Phi) is 8.86. The summed E-state index contributed by atoms with van der Waals surface area (Å²) in [5.41, 5.74) is 4.84. The van der Waals surface area contributed by atoms with Crippen LogP contribution in [0.1, 0.15) is 30.0 Å². The number of carboxylic acids is 1. The summed E-state index contributed by atoms with van der Waals surface area (Å²) in [4.78, 5) is 16.0. The molecule has 35 heavy (non-hydrogen) atoms. The van der Waals surface area contributed by atoms with E-state index in [1.165, 1.54) is 18.2 Å². The van der Waals surface area contributed by atoms with Crippen molar-refractivity contribution in [2.45, 2.75) is 32.9 Å². The van der Waals surface area contributed by atoms with E-state index in [1.807, 2.05) is 43.3 Å². The molecule has 0 aliphatic rings. The maximum Gasteiger partial charge on any atom is 0.573 e. The van der Waals surface area contributed by atoms with Crippen LogP contribution in [-0.2, 0) is 22.8 Å². The maximum atomic E-state index is 12.4. The quantitative estimate of drug-likeness (QED) is 0.205. The van der Waals surface area contributed by atoms with Gasteiger partial charge in [0.25, 0.3) is 0 Å². The number of hydrogen-bond acceptors (Lipinski definition) is 5. The predicted octanol–water partition coefficient (Wildman–Crippen LogP) is 5.76. The van der Waals surface area contributed by atoms with E-state index in [1.54, 1.807) is 18.2 Å². The van der Waals surface area contributed by atoms with Crippen molar-refractivity contribution in [2.75, 3.05) is 6.54 Å². The van der Waals surface area contributed by atoms with Crippen LogP contribution in [-0.4, -0.2) is 29.7 Å². The van der Waals surface area contributed by atoms with Gasteiger partial charge < -0.3 is 20.0 Å². The van der Waals surface area contributed by atoms with Crippen LogP contribution in [0.3, 0.4) is 0 Å². The van der Waals surface area contributed by atoms with E-state index in [-0.39, 0.29) is 18.8 Å². The summed E-state index contributed by atoms with van der Waals surface area (Å²) < 4.78 is 41.3. The second-order valence-corrected chi connectivity index (χ2v) is 7.74. The monoisotopic (exact) mass is 486 g/mol. The number of nitrogens with one attached hydrogen (secondary N) is 1. The van der Waals surface area contributed by atoms with Crippen LogP contribution >= 0.6 is 0 Å². The van der Waals surface area contributed by atoms with Crippen molar-refractivity contribution in [3.05, 3.63) is 89.5 Å². The van der Waals surface area contributed by atoms with E-state index in [2.05, 4.69) is 15.2 Å². The number of hydrogen-bond donors (Lipinski definition) is 2. The van der Waals surface area contributed by atoms with Crippen LogP contribution in [0.2, 0.25) is 0 Å². The predicted molar refractivity (Wildman–Crippen MR) is 126 cm³/mol. The van der Waals surface area contributed by atoms with Gasteiger partial charge in [0.05, 0.1) is 12.1 Å². The zero-order valence-corrected chi connectivity index (χ0v) is 19.0. The van der Waals surface area contributed by atoms with Crippen LogP contribution in [0.25, 0.3) is 11.1 Å². The molecule has 3 rings (SSSR count). The average Bonchev–Trinajstić information content (AvgIpc) is 2.81. The molecule has 0 aliphatic carbocycles. The van der Waals surface area contributed by atoms with Crippen molar-refractivity contribution in [1.29, 1.82) is 0 Å². The summed E-state index contributed by atoms with van der Waals surface area (Å²) in [6.07, 6.45) is -4.66. The van der Waals surface area contributed by atoms with E-state index >= 15 is 0 Å². The molecule has 0 amide bonds. The molecule has 9 heteroatoms. The lowest BCUT2D eigenvalue weighted by Crippen LogP contribution is -2.17. The molecular formula is C26H25F3N2O4. The molecule has 3 aromatic rings. The van der Waals surface area contributed by atoms with E-state index in [4.69, 9.17) is 9.94 Å². The Balaban J connectivity index is 1.51. The van der Waals surface area contributed by atoms with E-state index in [0.717, 1.165) is 22.3 Å². The first-order valence-electron chi connectivity index (χ1n) is 10.8. The number of rotatable bonds is 11. The Labute approximate surface area is 201 Å². The highest BCUT2D eigenvalue weighted by Gasteiger charge is 2.31. The minimum atomic E-state index is -4.74. The number of ether oxygens (including phenoxy) is 1. The van der Waals surface area contributed by atoms with Crippen LogP contribution in [0.15, 0.2) is 78.0 Å². The highest BCUT2D eigenvalue weighted by molar-refractivity contribution is 5.98. The number of halogens is 3. The Morgan fingerprint density at radius 2 is 1.66 bits per heavy atom. The fourth-order valence-corrected chi connectivity index (χ4v) is 3.21. The van der Waals surface area contributed by atoms with Crippen LogP contribution in [0.5, 0.6) is 5.75 Å². The third kappa shape index (κ3) is 8.78. The molecule has 0 saturated carbocycles. The molecule has 184 valence electrons. The summed E-state index contributed by atoms with van der Waals surface area (Å²) in [6.45, 7) is 3.06. The van der Waals surface area contributed by atoms with Gasteiger partial charge in [-0.05, 0) is 46.9 Å². The van der Waals surface area contributed by atoms with Crippen molar-refractivity contribution in [3.8, 4) is 16.9 Å². The molecular weight excluding hydrogens is 461 g/mol. The van der Waals surface area contributed by atoms with Gasteiger partial charge in [-0.25, -0.2) is 0 Å². The van der Waals surface area contributed by atoms with E-state index in [9.17, 15) is 18.0 Å². The van der Waals surface area contributed by atoms with Crippen molar-refractivity contribution < 1.29 is 32.6 Å². The van der Waals surface area contributed by atoms with Crippen LogP contribution in [0, 0.1) is 0 Å². The highest BCUT2D eigenvalue weighted by Crippen LogP contribution is 2.28. The Bertz CT molecular complexity index is 1140. The lowest BCUT2D eigenvalue weighted by Gasteiger charge is -2.10. The largest absolute Gasteiger partial charge is 0.573 e. The Morgan fingerprint density at radius 1 is 0.971 bits per heavy atom. The number of alkyl halides is 3. The van der Waals surface area contributed by atoms with Crippen molar-refractivity contribution >= 4 is 11.7 Å². The average molecular weight is 486 g/mol. The second kappa shape index (κ2) is 12.0. The molecule has 0 aliphatic heterocycles. The molecule has 0 unspecified atom stereocenters. The van der Waals surface area contributed by atoms with Gasteiger partial charge in [0, 0.05) is 13.1 Å². The Morgan fingerprint density at radius 3 is 2.31 bits per heavy atom. The van der Waals surface area contributed by atoms with Gasteiger partial charge in [-0.1, -0.05) is 65.8 Å². The molecule has 0 atom stereocenters. The number of benzene rings is 3. The Hall–Kier alpha value is -3.85. The first kappa shape index (κ1) is 25.8. The number of nitrogens with zero attached hydrogens (tertiary/aromatic N) is 1. The van der Waals surface area contributed by atoms with Crippen molar-refractivity contribution in [3.63, 3.8) is 0 Å². The molecule has 0 aromatic heterocycles. The van der Waals surface area contributed by atoms with Gasteiger partial charge >= 0.3 is 12.3 Å². The third-order valence-electron chi connectivity index (χ3n) is 5.00. The van der Waals surface area contributed by atoms with Crippen molar-refractivity contribution in [2.24, 2.45) is 5.16 Å². The summed E-state index contributed by atoms with van der Waals surface area (Å²) in [5.74, 6) is -1.10. The molecule has 0 fully saturated rings. The molecule has 0 heterocycles. The van der Waals surface area contributed by atoms with Gasteiger partial charge in [0.2, 0.25) is 0 Å². The normalized spacial score (nSPS) is 11.8. The highest BCUT2D eigenvalue weighted by atomic mass is 19.4. The van der Waals surface area contributed by atoms with Gasteiger partial charge in [-0.3, -0.25) is 4.79 Å². The van der Waals surface area contributed by atoms with Crippen molar-refractivity contribution in [1.82, 2.24) is 5.32 Å². The zero-order valence-electron chi connectivity index (χ0n) is 19.0. The van der Waals surface area contributed by atoms with E-state index in [0.29, 0.717) is 24.4 Å². The fourth-order valence-electron chi connectivity index (χ4n) is 3.21. The second-order valence-electron chi connectivity index (χ2n) is 7.74.